The number of aromatic carboxylic acids is 1. The van der Waals surface area contributed by atoms with Crippen LogP contribution in [0.15, 0.2) is 30.5 Å². The van der Waals surface area contributed by atoms with Crippen molar-refractivity contribution in [2.75, 3.05) is 7.11 Å². The molecule has 0 aliphatic carbocycles. The lowest BCUT2D eigenvalue weighted by Crippen LogP contribution is -2.18. The summed E-state index contributed by atoms with van der Waals surface area (Å²) in [6.07, 6.45) is 1.13. The molecule has 0 bridgehead atoms. The van der Waals surface area contributed by atoms with Crippen molar-refractivity contribution in [3.8, 4) is 11.5 Å². The molecule has 7 heteroatoms. The summed E-state index contributed by atoms with van der Waals surface area (Å²) >= 11 is 0. The van der Waals surface area contributed by atoms with Gasteiger partial charge in [0.2, 0.25) is 0 Å². The van der Waals surface area contributed by atoms with Gasteiger partial charge in [0.25, 0.3) is 0 Å². The maximum atomic E-state index is 12.2. The Morgan fingerprint density at radius 1 is 1.33 bits per heavy atom. The number of rotatable bonds is 5. The van der Waals surface area contributed by atoms with Crippen molar-refractivity contribution in [2.24, 2.45) is 0 Å². The SMILES string of the molecule is CCn1ncc(C(=O)O)c1C(=O)Oc1cccc(OC)c1. The summed E-state index contributed by atoms with van der Waals surface area (Å²) in [4.78, 5) is 23.3. The Labute approximate surface area is 120 Å². The highest BCUT2D eigenvalue weighted by molar-refractivity contribution is 6.01. The Morgan fingerprint density at radius 3 is 2.67 bits per heavy atom. The van der Waals surface area contributed by atoms with E-state index in [1.807, 2.05) is 0 Å². The summed E-state index contributed by atoms with van der Waals surface area (Å²) in [6, 6.07) is 6.48. The molecule has 1 aromatic carbocycles. The molecule has 0 aliphatic rings. The minimum absolute atomic E-state index is 0.0900. The van der Waals surface area contributed by atoms with E-state index in [1.165, 1.54) is 17.9 Å². The number of aromatic nitrogens is 2. The first kappa shape index (κ1) is 14.6. The van der Waals surface area contributed by atoms with Crippen LogP contribution in [0.1, 0.15) is 27.8 Å². The second-order valence-corrected chi connectivity index (χ2v) is 4.10. The molecule has 0 radical (unpaired) electrons. The van der Waals surface area contributed by atoms with E-state index in [2.05, 4.69) is 5.10 Å². The van der Waals surface area contributed by atoms with E-state index in [-0.39, 0.29) is 17.0 Å². The third kappa shape index (κ3) is 3.02. The first-order valence-corrected chi connectivity index (χ1v) is 6.22. The van der Waals surface area contributed by atoms with Gasteiger partial charge in [0.1, 0.15) is 17.1 Å². The number of hydrogen-bond acceptors (Lipinski definition) is 5. The standard InChI is InChI=1S/C14H14N2O5/c1-3-16-12(11(8-15-16)13(17)18)14(19)21-10-6-4-5-9(7-10)20-2/h4-8H,3H2,1-2H3,(H,17,18). The van der Waals surface area contributed by atoms with Crippen LogP contribution in [-0.2, 0) is 6.54 Å². The van der Waals surface area contributed by atoms with Gasteiger partial charge in [-0.2, -0.15) is 5.10 Å². The summed E-state index contributed by atoms with van der Waals surface area (Å²) in [7, 11) is 1.50. The Bertz CT molecular complexity index is 678. The Kier molecular flexibility index (Phi) is 4.22. The van der Waals surface area contributed by atoms with Crippen molar-refractivity contribution >= 4 is 11.9 Å². The van der Waals surface area contributed by atoms with Gasteiger partial charge in [0.05, 0.1) is 13.3 Å². The summed E-state index contributed by atoms with van der Waals surface area (Å²) < 4.78 is 11.5. The second kappa shape index (κ2) is 6.08. The highest BCUT2D eigenvalue weighted by Crippen LogP contribution is 2.21. The Hall–Kier alpha value is -2.83. The van der Waals surface area contributed by atoms with Gasteiger partial charge in [0, 0.05) is 12.6 Å². The van der Waals surface area contributed by atoms with E-state index < -0.39 is 11.9 Å². The summed E-state index contributed by atoms with van der Waals surface area (Å²) in [5.74, 6) is -1.21. The molecule has 2 rings (SSSR count). The molecular weight excluding hydrogens is 276 g/mol. The largest absolute Gasteiger partial charge is 0.497 e. The number of carboxylic acids is 1. The van der Waals surface area contributed by atoms with E-state index in [4.69, 9.17) is 14.6 Å². The zero-order chi connectivity index (χ0) is 15.4. The number of carbonyl (C=O) groups excluding carboxylic acids is 1. The molecular formula is C14H14N2O5. The maximum Gasteiger partial charge on any atom is 0.362 e. The fourth-order valence-electron chi connectivity index (χ4n) is 1.82. The van der Waals surface area contributed by atoms with Crippen molar-refractivity contribution in [2.45, 2.75) is 13.5 Å². The van der Waals surface area contributed by atoms with Gasteiger partial charge in [-0.15, -0.1) is 0 Å². The molecule has 2 aromatic rings. The van der Waals surface area contributed by atoms with E-state index in [9.17, 15) is 9.59 Å². The lowest BCUT2D eigenvalue weighted by Gasteiger charge is -2.08. The number of ether oxygens (including phenoxy) is 2. The molecule has 0 spiro atoms. The van der Waals surface area contributed by atoms with Gasteiger partial charge in [-0.3, -0.25) is 4.68 Å². The molecule has 0 saturated heterocycles. The first-order chi connectivity index (χ1) is 10.1. The van der Waals surface area contributed by atoms with Crippen LogP contribution in [-0.4, -0.2) is 33.9 Å². The third-order valence-electron chi connectivity index (χ3n) is 2.81. The summed E-state index contributed by atoms with van der Waals surface area (Å²) in [5, 5.41) is 13.0. The fourth-order valence-corrected chi connectivity index (χ4v) is 1.82. The molecule has 0 amide bonds. The average molecular weight is 290 g/mol. The number of carboxylic acid groups (broad SMARTS) is 1. The van der Waals surface area contributed by atoms with Crippen LogP contribution >= 0.6 is 0 Å². The molecule has 1 aromatic heterocycles. The second-order valence-electron chi connectivity index (χ2n) is 4.10. The number of aryl methyl sites for hydroxylation is 1. The fraction of sp³-hybridized carbons (Fsp3) is 0.214. The Balaban J connectivity index is 2.31. The van der Waals surface area contributed by atoms with Crippen LogP contribution in [0.4, 0.5) is 0 Å². The minimum Gasteiger partial charge on any atom is -0.497 e. The first-order valence-electron chi connectivity index (χ1n) is 6.22. The van der Waals surface area contributed by atoms with Crippen LogP contribution < -0.4 is 9.47 Å². The predicted octanol–water partition coefficient (Wildman–Crippen LogP) is 1.83. The van der Waals surface area contributed by atoms with E-state index in [0.717, 1.165) is 6.20 Å². The van der Waals surface area contributed by atoms with Crippen LogP contribution in [0, 0.1) is 0 Å². The number of benzene rings is 1. The smallest absolute Gasteiger partial charge is 0.362 e. The summed E-state index contributed by atoms with van der Waals surface area (Å²) in [5.41, 5.74) is -0.280. The lowest BCUT2D eigenvalue weighted by molar-refractivity contribution is 0.0662. The normalized spacial score (nSPS) is 10.2. The quantitative estimate of drug-likeness (QED) is 0.667. The lowest BCUT2D eigenvalue weighted by atomic mass is 10.2. The topological polar surface area (TPSA) is 90.7 Å². The zero-order valence-electron chi connectivity index (χ0n) is 11.6. The van der Waals surface area contributed by atoms with Gasteiger partial charge in [0.15, 0.2) is 5.69 Å². The average Bonchev–Trinajstić information content (AvgIpc) is 2.91. The number of carbonyl (C=O) groups is 2. The molecule has 0 aliphatic heterocycles. The molecule has 7 nitrogen and oxygen atoms in total. The van der Waals surface area contributed by atoms with E-state index >= 15 is 0 Å². The van der Waals surface area contributed by atoms with E-state index in [0.29, 0.717) is 12.3 Å². The van der Waals surface area contributed by atoms with Crippen LogP contribution in [0.2, 0.25) is 0 Å². The molecule has 0 atom stereocenters. The summed E-state index contributed by atoms with van der Waals surface area (Å²) in [6.45, 7) is 2.11. The molecule has 21 heavy (non-hydrogen) atoms. The van der Waals surface area contributed by atoms with Crippen molar-refractivity contribution in [1.82, 2.24) is 9.78 Å². The molecule has 1 heterocycles. The third-order valence-corrected chi connectivity index (χ3v) is 2.81. The van der Waals surface area contributed by atoms with E-state index in [1.54, 1.807) is 25.1 Å². The molecule has 1 N–H and O–H groups in total. The van der Waals surface area contributed by atoms with Gasteiger partial charge >= 0.3 is 11.9 Å². The van der Waals surface area contributed by atoms with Crippen LogP contribution in [0.5, 0.6) is 11.5 Å². The number of nitrogens with zero attached hydrogens (tertiary/aromatic N) is 2. The molecule has 0 unspecified atom stereocenters. The van der Waals surface area contributed by atoms with Crippen LogP contribution in [0.25, 0.3) is 0 Å². The van der Waals surface area contributed by atoms with Gasteiger partial charge in [-0.25, -0.2) is 9.59 Å². The number of esters is 1. The van der Waals surface area contributed by atoms with Gasteiger partial charge in [-0.1, -0.05) is 6.07 Å². The minimum atomic E-state index is -1.23. The van der Waals surface area contributed by atoms with Crippen molar-refractivity contribution in [1.29, 1.82) is 0 Å². The maximum absolute atomic E-state index is 12.2. The van der Waals surface area contributed by atoms with Crippen molar-refractivity contribution in [3.05, 3.63) is 41.7 Å². The van der Waals surface area contributed by atoms with Gasteiger partial charge < -0.3 is 14.6 Å². The highest BCUT2D eigenvalue weighted by Gasteiger charge is 2.24. The monoisotopic (exact) mass is 290 g/mol. The number of methoxy groups -OCH3 is 1. The zero-order valence-corrected chi connectivity index (χ0v) is 11.6. The van der Waals surface area contributed by atoms with Gasteiger partial charge in [-0.05, 0) is 19.1 Å². The molecule has 110 valence electrons. The van der Waals surface area contributed by atoms with Crippen LogP contribution in [0.3, 0.4) is 0 Å². The predicted molar refractivity (Wildman–Crippen MR) is 72.8 cm³/mol. The van der Waals surface area contributed by atoms with Crippen molar-refractivity contribution < 1.29 is 24.2 Å². The number of hydrogen-bond donors (Lipinski definition) is 1. The highest BCUT2D eigenvalue weighted by atomic mass is 16.5. The molecule has 0 saturated carbocycles. The Morgan fingerprint density at radius 2 is 2.05 bits per heavy atom. The van der Waals surface area contributed by atoms with Crippen molar-refractivity contribution in [3.63, 3.8) is 0 Å². The molecule has 0 fully saturated rings.